The van der Waals surface area contributed by atoms with Gasteiger partial charge in [-0.25, -0.2) is 0 Å². The third kappa shape index (κ3) is 1.54. The van der Waals surface area contributed by atoms with Crippen LogP contribution in [0.1, 0.15) is 27.8 Å². The van der Waals surface area contributed by atoms with Gasteiger partial charge < -0.3 is 0 Å². The molecule has 0 saturated carbocycles. The lowest BCUT2D eigenvalue weighted by atomic mass is 10.1. The van der Waals surface area contributed by atoms with Gasteiger partial charge in [0, 0.05) is 9.75 Å². The highest BCUT2D eigenvalue weighted by molar-refractivity contribution is 7.13. The fourth-order valence-corrected chi connectivity index (χ4v) is 2.22. The third-order valence-corrected chi connectivity index (χ3v) is 3.32. The van der Waals surface area contributed by atoms with Crippen molar-refractivity contribution in [3.63, 3.8) is 0 Å². The van der Waals surface area contributed by atoms with Gasteiger partial charge >= 0.3 is 0 Å². The summed E-state index contributed by atoms with van der Waals surface area (Å²) in [6.07, 6.45) is 4.28. The second-order valence-corrected chi connectivity index (χ2v) is 4.03. The van der Waals surface area contributed by atoms with Gasteiger partial charge in [-0.05, 0) is 44.9 Å². The van der Waals surface area contributed by atoms with Crippen LogP contribution in [-0.2, 0) is 0 Å². The number of allylic oxidation sites excluding steroid dienone is 1. The number of thiophene rings is 1. The zero-order valence-corrected chi connectivity index (χ0v) is 8.38. The van der Waals surface area contributed by atoms with E-state index in [4.69, 9.17) is 0 Å². The first-order valence-electron chi connectivity index (χ1n) is 3.86. The van der Waals surface area contributed by atoms with Gasteiger partial charge in [0.2, 0.25) is 0 Å². The minimum atomic E-state index is 1.41. The summed E-state index contributed by atoms with van der Waals surface area (Å²) >= 11 is 1.88. The molecule has 1 aromatic rings. The van der Waals surface area contributed by atoms with Crippen LogP contribution in [0.5, 0.6) is 0 Å². The van der Waals surface area contributed by atoms with Crippen molar-refractivity contribution >= 4 is 17.4 Å². The lowest BCUT2D eigenvalue weighted by molar-refractivity contribution is 1.34. The average molecular weight is 166 g/mol. The molecule has 0 aliphatic rings. The standard InChI is InChI=1S/C10H14S/c1-5-6-10-8(3)7(2)9(4)11-10/h5-6H,1-4H3/b6-5+. The van der Waals surface area contributed by atoms with Crippen molar-refractivity contribution in [2.45, 2.75) is 27.7 Å². The molecule has 0 nitrogen and oxygen atoms in total. The number of aryl methyl sites for hydroxylation is 1. The lowest BCUT2D eigenvalue weighted by Crippen LogP contribution is -1.74. The van der Waals surface area contributed by atoms with Crippen LogP contribution in [0, 0.1) is 20.8 Å². The molecule has 1 aromatic heterocycles. The molecule has 1 heteroatoms. The van der Waals surface area contributed by atoms with E-state index in [1.54, 1.807) is 0 Å². The molecule has 1 rings (SSSR count). The Hall–Kier alpha value is -0.560. The maximum Gasteiger partial charge on any atom is 0.0301 e. The Morgan fingerprint density at radius 2 is 1.73 bits per heavy atom. The molecule has 60 valence electrons. The van der Waals surface area contributed by atoms with Gasteiger partial charge in [0.25, 0.3) is 0 Å². The Balaban J connectivity index is 3.18. The van der Waals surface area contributed by atoms with E-state index in [1.807, 2.05) is 11.3 Å². The monoisotopic (exact) mass is 166 g/mol. The van der Waals surface area contributed by atoms with E-state index in [0.717, 1.165) is 0 Å². The van der Waals surface area contributed by atoms with Gasteiger partial charge in [0.1, 0.15) is 0 Å². The predicted molar refractivity (Wildman–Crippen MR) is 53.2 cm³/mol. The zero-order valence-electron chi connectivity index (χ0n) is 7.56. The van der Waals surface area contributed by atoms with Crippen LogP contribution in [0.4, 0.5) is 0 Å². The highest BCUT2D eigenvalue weighted by atomic mass is 32.1. The smallest absolute Gasteiger partial charge is 0.0301 e. The minimum absolute atomic E-state index is 1.41. The van der Waals surface area contributed by atoms with Crippen LogP contribution < -0.4 is 0 Å². The molecule has 1 heterocycles. The fourth-order valence-electron chi connectivity index (χ4n) is 1.08. The Morgan fingerprint density at radius 3 is 2.09 bits per heavy atom. The van der Waals surface area contributed by atoms with Gasteiger partial charge in [-0.3, -0.25) is 0 Å². The normalized spacial score (nSPS) is 11.3. The molecule has 0 fully saturated rings. The lowest BCUT2D eigenvalue weighted by Gasteiger charge is -1.90. The summed E-state index contributed by atoms with van der Waals surface area (Å²) < 4.78 is 0. The largest absolute Gasteiger partial charge is 0.141 e. The van der Waals surface area contributed by atoms with Crippen molar-refractivity contribution in [1.29, 1.82) is 0 Å². The predicted octanol–water partition coefficient (Wildman–Crippen LogP) is 3.71. The van der Waals surface area contributed by atoms with E-state index in [2.05, 4.69) is 39.8 Å². The summed E-state index contributed by atoms with van der Waals surface area (Å²) in [5.41, 5.74) is 2.88. The van der Waals surface area contributed by atoms with Crippen molar-refractivity contribution in [1.82, 2.24) is 0 Å². The first-order chi connectivity index (χ1) is 5.16. The minimum Gasteiger partial charge on any atom is -0.141 e. The molecular weight excluding hydrogens is 152 g/mol. The van der Waals surface area contributed by atoms with Gasteiger partial charge in [-0.15, -0.1) is 11.3 Å². The van der Waals surface area contributed by atoms with Crippen LogP contribution in [0.25, 0.3) is 6.08 Å². The van der Waals surface area contributed by atoms with Crippen LogP contribution in [-0.4, -0.2) is 0 Å². The van der Waals surface area contributed by atoms with Crippen LogP contribution >= 0.6 is 11.3 Å². The van der Waals surface area contributed by atoms with E-state index in [-0.39, 0.29) is 0 Å². The van der Waals surface area contributed by atoms with E-state index in [9.17, 15) is 0 Å². The van der Waals surface area contributed by atoms with Crippen molar-refractivity contribution in [3.8, 4) is 0 Å². The highest BCUT2D eigenvalue weighted by Crippen LogP contribution is 2.27. The molecule has 0 aromatic carbocycles. The van der Waals surface area contributed by atoms with Crippen LogP contribution in [0.2, 0.25) is 0 Å². The second-order valence-electron chi connectivity index (χ2n) is 2.77. The molecular formula is C10H14S. The Morgan fingerprint density at radius 1 is 1.09 bits per heavy atom. The Kier molecular flexibility index (Phi) is 2.50. The summed E-state index contributed by atoms with van der Waals surface area (Å²) in [5.74, 6) is 0. The van der Waals surface area contributed by atoms with Gasteiger partial charge in [0.15, 0.2) is 0 Å². The zero-order chi connectivity index (χ0) is 8.43. The van der Waals surface area contributed by atoms with E-state index in [1.165, 1.54) is 20.9 Å². The summed E-state index contributed by atoms with van der Waals surface area (Å²) in [7, 11) is 0. The van der Waals surface area contributed by atoms with Crippen molar-refractivity contribution in [2.24, 2.45) is 0 Å². The van der Waals surface area contributed by atoms with Gasteiger partial charge in [-0.1, -0.05) is 6.08 Å². The maximum atomic E-state index is 2.19. The molecule has 0 N–H and O–H groups in total. The van der Waals surface area contributed by atoms with E-state index >= 15 is 0 Å². The van der Waals surface area contributed by atoms with Crippen molar-refractivity contribution in [2.75, 3.05) is 0 Å². The van der Waals surface area contributed by atoms with Crippen LogP contribution in [0.3, 0.4) is 0 Å². The van der Waals surface area contributed by atoms with E-state index in [0.29, 0.717) is 0 Å². The first-order valence-corrected chi connectivity index (χ1v) is 4.67. The van der Waals surface area contributed by atoms with Gasteiger partial charge in [0.05, 0.1) is 0 Å². The van der Waals surface area contributed by atoms with Gasteiger partial charge in [-0.2, -0.15) is 0 Å². The number of rotatable bonds is 1. The van der Waals surface area contributed by atoms with E-state index < -0.39 is 0 Å². The van der Waals surface area contributed by atoms with Crippen molar-refractivity contribution < 1.29 is 0 Å². The SMILES string of the molecule is C/C=C/c1sc(C)c(C)c1C. The Labute approximate surface area is 72.6 Å². The summed E-state index contributed by atoms with van der Waals surface area (Å²) in [4.78, 5) is 2.85. The molecule has 0 aliphatic heterocycles. The molecule has 0 amide bonds. The Bertz CT molecular complexity index is 279. The molecule has 0 spiro atoms. The third-order valence-electron chi connectivity index (χ3n) is 2.04. The average Bonchev–Trinajstić information content (AvgIpc) is 2.19. The molecule has 11 heavy (non-hydrogen) atoms. The number of hydrogen-bond donors (Lipinski definition) is 0. The molecule has 0 aliphatic carbocycles. The first kappa shape index (κ1) is 8.54. The molecule has 0 atom stereocenters. The quantitative estimate of drug-likeness (QED) is 0.596. The summed E-state index contributed by atoms with van der Waals surface area (Å²) in [5, 5.41) is 0. The maximum absolute atomic E-state index is 2.19. The summed E-state index contributed by atoms with van der Waals surface area (Å²) in [6, 6.07) is 0. The topological polar surface area (TPSA) is 0 Å². The van der Waals surface area contributed by atoms with Crippen molar-refractivity contribution in [3.05, 3.63) is 27.0 Å². The second kappa shape index (κ2) is 3.22. The molecule has 0 radical (unpaired) electrons. The highest BCUT2D eigenvalue weighted by Gasteiger charge is 2.04. The molecule has 0 saturated heterocycles. The fraction of sp³-hybridized carbons (Fsp3) is 0.400. The van der Waals surface area contributed by atoms with Crippen LogP contribution in [0.15, 0.2) is 6.08 Å². The molecule has 0 bridgehead atoms. The number of hydrogen-bond acceptors (Lipinski definition) is 1. The summed E-state index contributed by atoms with van der Waals surface area (Å²) in [6.45, 7) is 8.62. The molecule has 0 unspecified atom stereocenters.